The van der Waals surface area contributed by atoms with Crippen molar-refractivity contribution in [2.75, 3.05) is 0 Å². The number of aromatic nitrogens is 1. The summed E-state index contributed by atoms with van der Waals surface area (Å²) in [6.45, 7) is 2.26. The number of hydrogen-bond acceptors (Lipinski definition) is 3. The van der Waals surface area contributed by atoms with Gasteiger partial charge in [0.15, 0.2) is 0 Å². The van der Waals surface area contributed by atoms with Crippen LogP contribution in [0.5, 0.6) is 0 Å². The van der Waals surface area contributed by atoms with E-state index in [0.29, 0.717) is 11.1 Å². The fourth-order valence-electron chi connectivity index (χ4n) is 3.05. The van der Waals surface area contributed by atoms with Gasteiger partial charge in [0.05, 0.1) is 23.2 Å². The molecule has 0 spiro atoms. The average molecular weight is 302 g/mol. The maximum Gasteiger partial charge on any atom is 0.261 e. The lowest BCUT2D eigenvalue weighted by Crippen LogP contribution is -2.29. The maximum atomic E-state index is 12.5. The first-order chi connectivity index (χ1) is 11.2. The van der Waals surface area contributed by atoms with Gasteiger partial charge in [-0.3, -0.25) is 19.5 Å². The topological polar surface area (TPSA) is 50.3 Å². The standard InChI is InChI=1S/C19H14N2O2/c1-12-8-9-13(17-14(12)7-4-10-20-17)11-21-18(22)15-5-2-3-6-16(15)19(21)23/h2-10H,11H2,1H3. The van der Waals surface area contributed by atoms with Gasteiger partial charge in [0, 0.05) is 11.6 Å². The predicted molar refractivity (Wildman–Crippen MR) is 87.1 cm³/mol. The van der Waals surface area contributed by atoms with Gasteiger partial charge in [0.25, 0.3) is 11.8 Å². The number of nitrogens with zero attached hydrogens (tertiary/aromatic N) is 2. The fourth-order valence-corrected chi connectivity index (χ4v) is 3.05. The van der Waals surface area contributed by atoms with Gasteiger partial charge >= 0.3 is 0 Å². The van der Waals surface area contributed by atoms with Crippen LogP contribution in [0.15, 0.2) is 54.7 Å². The van der Waals surface area contributed by atoms with Gasteiger partial charge < -0.3 is 0 Å². The van der Waals surface area contributed by atoms with Gasteiger partial charge in [-0.2, -0.15) is 0 Å². The second kappa shape index (κ2) is 5.02. The van der Waals surface area contributed by atoms with E-state index in [4.69, 9.17) is 0 Å². The molecule has 1 aromatic heterocycles. The molecule has 23 heavy (non-hydrogen) atoms. The van der Waals surface area contributed by atoms with Gasteiger partial charge in [-0.05, 0) is 36.2 Å². The predicted octanol–water partition coefficient (Wildman–Crippen LogP) is 3.34. The summed E-state index contributed by atoms with van der Waals surface area (Å²) < 4.78 is 0. The third-order valence-corrected chi connectivity index (χ3v) is 4.28. The Labute approximate surface area is 133 Å². The molecular formula is C19H14N2O2. The van der Waals surface area contributed by atoms with Crippen molar-refractivity contribution in [3.05, 3.63) is 77.0 Å². The van der Waals surface area contributed by atoms with Crippen LogP contribution in [-0.2, 0) is 6.54 Å². The highest BCUT2D eigenvalue weighted by molar-refractivity contribution is 6.21. The molecule has 0 N–H and O–H groups in total. The van der Waals surface area contributed by atoms with E-state index in [1.54, 1.807) is 30.5 Å². The van der Waals surface area contributed by atoms with Crippen LogP contribution in [0.2, 0.25) is 0 Å². The van der Waals surface area contributed by atoms with Crippen LogP contribution in [0.3, 0.4) is 0 Å². The highest BCUT2D eigenvalue weighted by Gasteiger charge is 2.35. The minimum Gasteiger partial charge on any atom is -0.270 e. The zero-order chi connectivity index (χ0) is 16.0. The summed E-state index contributed by atoms with van der Waals surface area (Å²) in [4.78, 5) is 30.7. The zero-order valence-electron chi connectivity index (χ0n) is 12.6. The highest BCUT2D eigenvalue weighted by atomic mass is 16.2. The van der Waals surface area contributed by atoms with Crippen molar-refractivity contribution in [3.63, 3.8) is 0 Å². The molecule has 2 amide bonds. The van der Waals surface area contributed by atoms with Crippen molar-refractivity contribution in [3.8, 4) is 0 Å². The molecule has 0 unspecified atom stereocenters. The van der Waals surface area contributed by atoms with Crippen LogP contribution in [0, 0.1) is 6.92 Å². The molecule has 4 nitrogen and oxygen atoms in total. The highest BCUT2D eigenvalue weighted by Crippen LogP contribution is 2.27. The second-order valence-electron chi connectivity index (χ2n) is 5.68. The van der Waals surface area contributed by atoms with Crippen LogP contribution in [-0.4, -0.2) is 21.7 Å². The molecule has 2 heterocycles. The smallest absolute Gasteiger partial charge is 0.261 e. The fraction of sp³-hybridized carbons (Fsp3) is 0.105. The quantitative estimate of drug-likeness (QED) is 0.682. The third-order valence-electron chi connectivity index (χ3n) is 4.28. The number of carbonyl (C=O) groups is 2. The molecule has 0 aliphatic carbocycles. The van der Waals surface area contributed by atoms with E-state index in [1.807, 2.05) is 31.2 Å². The lowest BCUT2D eigenvalue weighted by Gasteiger charge is -2.15. The van der Waals surface area contributed by atoms with Crippen molar-refractivity contribution in [2.24, 2.45) is 0 Å². The van der Waals surface area contributed by atoms with Crippen molar-refractivity contribution in [2.45, 2.75) is 13.5 Å². The summed E-state index contributed by atoms with van der Waals surface area (Å²) in [5, 5.41) is 1.04. The first kappa shape index (κ1) is 13.6. The monoisotopic (exact) mass is 302 g/mol. The van der Waals surface area contributed by atoms with Gasteiger partial charge in [0.1, 0.15) is 0 Å². The average Bonchev–Trinajstić information content (AvgIpc) is 2.83. The summed E-state index contributed by atoms with van der Waals surface area (Å²) in [7, 11) is 0. The Morgan fingerprint density at radius 2 is 1.61 bits per heavy atom. The molecule has 0 saturated carbocycles. The van der Waals surface area contributed by atoms with Crippen LogP contribution in [0.25, 0.3) is 10.9 Å². The Hall–Kier alpha value is -3.01. The number of imide groups is 1. The van der Waals surface area contributed by atoms with Crippen molar-refractivity contribution >= 4 is 22.7 Å². The van der Waals surface area contributed by atoms with Crippen molar-refractivity contribution in [1.29, 1.82) is 0 Å². The molecule has 0 radical (unpaired) electrons. The summed E-state index contributed by atoms with van der Waals surface area (Å²) >= 11 is 0. The largest absolute Gasteiger partial charge is 0.270 e. The summed E-state index contributed by atoms with van der Waals surface area (Å²) in [5.74, 6) is -0.481. The SMILES string of the molecule is Cc1ccc(CN2C(=O)c3ccccc3C2=O)c2ncccc12. The number of amides is 2. The molecule has 4 rings (SSSR count). The van der Waals surface area contributed by atoms with E-state index in [0.717, 1.165) is 22.0 Å². The number of rotatable bonds is 2. The summed E-state index contributed by atoms with van der Waals surface area (Å²) in [6.07, 6.45) is 1.73. The first-order valence-corrected chi connectivity index (χ1v) is 7.45. The number of pyridine rings is 1. The number of fused-ring (bicyclic) bond motifs is 2. The Kier molecular flexibility index (Phi) is 2.98. The Morgan fingerprint density at radius 1 is 0.913 bits per heavy atom. The first-order valence-electron chi connectivity index (χ1n) is 7.45. The molecule has 4 heteroatoms. The molecule has 1 aliphatic heterocycles. The van der Waals surface area contributed by atoms with E-state index in [-0.39, 0.29) is 18.4 Å². The van der Waals surface area contributed by atoms with Crippen molar-refractivity contribution in [1.82, 2.24) is 9.88 Å². The van der Waals surface area contributed by atoms with E-state index in [1.165, 1.54) is 4.90 Å². The van der Waals surface area contributed by atoms with E-state index < -0.39 is 0 Å². The number of carbonyl (C=O) groups excluding carboxylic acids is 2. The Morgan fingerprint density at radius 3 is 2.30 bits per heavy atom. The molecule has 2 aromatic carbocycles. The van der Waals surface area contributed by atoms with Gasteiger partial charge in [-0.25, -0.2) is 0 Å². The van der Waals surface area contributed by atoms with E-state index in [2.05, 4.69) is 4.98 Å². The van der Waals surface area contributed by atoms with Gasteiger partial charge in [-0.1, -0.05) is 30.3 Å². The number of benzene rings is 2. The minimum atomic E-state index is -0.241. The Bertz CT molecular complexity index is 927. The second-order valence-corrected chi connectivity index (χ2v) is 5.68. The molecule has 0 saturated heterocycles. The van der Waals surface area contributed by atoms with Crippen LogP contribution < -0.4 is 0 Å². The normalized spacial score (nSPS) is 13.7. The van der Waals surface area contributed by atoms with Gasteiger partial charge in [0.2, 0.25) is 0 Å². The van der Waals surface area contributed by atoms with Crippen LogP contribution >= 0.6 is 0 Å². The Balaban J connectivity index is 1.77. The molecule has 0 atom stereocenters. The van der Waals surface area contributed by atoms with E-state index >= 15 is 0 Å². The molecular weight excluding hydrogens is 288 g/mol. The molecule has 0 bridgehead atoms. The maximum absolute atomic E-state index is 12.5. The zero-order valence-corrected chi connectivity index (χ0v) is 12.6. The molecule has 1 aliphatic rings. The van der Waals surface area contributed by atoms with Crippen LogP contribution in [0.4, 0.5) is 0 Å². The van der Waals surface area contributed by atoms with Crippen molar-refractivity contribution < 1.29 is 9.59 Å². The minimum absolute atomic E-state index is 0.236. The van der Waals surface area contributed by atoms with Gasteiger partial charge in [-0.15, -0.1) is 0 Å². The van der Waals surface area contributed by atoms with Crippen LogP contribution in [0.1, 0.15) is 31.8 Å². The summed E-state index contributed by atoms with van der Waals surface area (Å²) in [6, 6.07) is 14.8. The van der Waals surface area contributed by atoms with E-state index in [9.17, 15) is 9.59 Å². The molecule has 3 aromatic rings. The lowest BCUT2D eigenvalue weighted by atomic mass is 10.0. The summed E-state index contributed by atoms with van der Waals surface area (Å²) in [5.41, 5.74) is 3.78. The lowest BCUT2D eigenvalue weighted by molar-refractivity contribution is 0.0643. The number of aryl methyl sites for hydroxylation is 1. The number of hydrogen-bond donors (Lipinski definition) is 0. The molecule has 0 fully saturated rings. The molecule has 112 valence electrons. The third kappa shape index (κ3) is 2.03.